The summed E-state index contributed by atoms with van der Waals surface area (Å²) in [5, 5.41) is 0. The molecule has 1 aromatic heterocycles. The SMILES string of the molecule is Cc1cn(S(=O)(=O)c2ccc(CC(C)C)cc2)cn1. The average molecular weight is 278 g/mol. The van der Waals surface area contributed by atoms with Gasteiger partial charge in [0.25, 0.3) is 10.0 Å². The maximum Gasteiger partial charge on any atom is 0.268 e. The number of imidazole rings is 1. The molecule has 0 saturated carbocycles. The molecule has 0 amide bonds. The quantitative estimate of drug-likeness (QED) is 0.864. The van der Waals surface area contributed by atoms with Crippen LogP contribution in [0.15, 0.2) is 41.7 Å². The molecule has 0 fully saturated rings. The standard InChI is InChI=1S/C14H18N2O2S/c1-11(2)8-13-4-6-14(7-5-13)19(17,18)16-9-12(3)15-10-16/h4-7,9-11H,8H2,1-3H3. The maximum atomic E-state index is 12.3. The lowest BCUT2D eigenvalue weighted by atomic mass is 10.0. The van der Waals surface area contributed by atoms with Crippen LogP contribution in [0, 0.1) is 12.8 Å². The molecule has 0 radical (unpaired) electrons. The lowest BCUT2D eigenvalue weighted by Crippen LogP contribution is -2.11. The van der Waals surface area contributed by atoms with E-state index in [0.29, 0.717) is 11.6 Å². The van der Waals surface area contributed by atoms with Crippen LogP contribution in [0.5, 0.6) is 0 Å². The molecule has 0 aliphatic carbocycles. The van der Waals surface area contributed by atoms with Crippen LogP contribution in [-0.4, -0.2) is 17.4 Å². The molecule has 2 aromatic rings. The minimum Gasteiger partial charge on any atom is -0.241 e. The van der Waals surface area contributed by atoms with E-state index in [4.69, 9.17) is 0 Å². The molecule has 0 bridgehead atoms. The zero-order valence-electron chi connectivity index (χ0n) is 11.4. The number of hydrogen-bond acceptors (Lipinski definition) is 3. The molecule has 0 aliphatic heterocycles. The van der Waals surface area contributed by atoms with Crippen molar-refractivity contribution in [2.24, 2.45) is 5.92 Å². The van der Waals surface area contributed by atoms with Crippen LogP contribution in [0.25, 0.3) is 0 Å². The van der Waals surface area contributed by atoms with Gasteiger partial charge >= 0.3 is 0 Å². The van der Waals surface area contributed by atoms with Crippen LogP contribution in [0.4, 0.5) is 0 Å². The topological polar surface area (TPSA) is 52.0 Å². The van der Waals surface area contributed by atoms with E-state index in [0.717, 1.165) is 16.0 Å². The molecule has 0 N–H and O–H groups in total. The zero-order valence-corrected chi connectivity index (χ0v) is 12.2. The number of aromatic nitrogens is 2. The highest BCUT2D eigenvalue weighted by Gasteiger charge is 2.16. The summed E-state index contributed by atoms with van der Waals surface area (Å²) in [4.78, 5) is 4.24. The Bertz CT molecular complexity index is 655. The van der Waals surface area contributed by atoms with Crippen molar-refractivity contribution in [3.05, 3.63) is 48.0 Å². The third kappa shape index (κ3) is 3.04. The van der Waals surface area contributed by atoms with E-state index < -0.39 is 10.0 Å². The van der Waals surface area contributed by atoms with Crippen molar-refractivity contribution in [2.45, 2.75) is 32.1 Å². The normalized spacial score (nSPS) is 12.0. The van der Waals surface area contributed by atoms with Gasteiger partial charge in [0, 0.05) is 6.20 Å². The Morgan fingerprint density at radius 1 is 1.21 bits per heavy atom. The van der Waals surface area contributed by atoms with Gasteiger partial charge in [0.1, 0.15) is 6.33 Å². The van der Waals surface area contributed by atoms with Gasteiger partial charge in [-0.2, -0.15) is 0 Å². The van der Waals surface area contributed by atoms with Crippen LogP contribution < -0.4 is 0 Å². The Morgan fingerprint density at radius 3 is 2.32 bits per heavy atom. The molecule has 19 heavy (non-hydrogen) atoms. The van der Waals surface area contributed by atoms with Crippen LogP contribution in [-0.2, 0) is 16.4 Å². The zero-order chi connectivity index (χ0) is 14.0. The van der Waals surface area contributed by atoms with Crippen molar-refractivity contribution in [3.8, 4) is 0 Å². The van der Waals surface area contributed by atoms with Gasteiger partial charge in [-0.05, 0) is 37.0 Å². The Balaban J connectivity index is 2.31. The third-order valence-electron chi connectivity index (χ3n) is 2.83. The average Bonchev–Trinajstić information content (AvgIpc) is 2.76. The molecule has 4 nitrogen and oxygen atoms in total. The summed E-state index contributed by atoms with van der Waals surface area (Å²) in [7, 11) is -3.51. The maximum absolute atomic E-state index is 12.3. The first-order valence-corrected chi connectivity index (χ1v) is 7.68. The Hall–Kier alpha value is -1.62. The van der Waals surface area contributed by atoms with Gasteiger partial charge in [-0.15, -0.1) is 0 Å². The van der Waals surface area contributed by atoms with Crippen molar-refractivity contribution in [1.29, 1.82) is 0 Å². The van der Waals surface area contributed by atoms with Crippen molar-refractivity contribution in [3.63, 3.8) is 0 Å². The van der Waals surface area contributed by atoms with Crippen molar-refractivity contribution < 1.29 is 8.42 Å². The van der Waals surface area contributed by atoms with Crippen molar-refractivity contribution >= 4 is 10.0 Å². The number of aryl methyl sites for hydroxylation is 1. The summed E-state index contributed by atoms with van der Waals surface area (Å²) in [5.74, 6) is 0.554. The molecule has 0 saturated heterocycles. The van der Waals surface area contributed by atoms with E-state index in [9.17, 15) is 8.42 Å². The molecule has 1 aromatic carbocycles. The van der Waals surface area contributed by atoms with E-state index in [-0.39, 0.29) is 4.90 Å². The summed E-state index contributed by atoms with van der Waals surface area (Å²) in [6.45, 7) is 6.04. The minimum atomic E-state index is -3.51. The highest BCUT2D eigenvalue weighted by atomic mass is 32.2. The fraction of sp³-hybridized carbons (Fsp3) is 0.357. The number of rotatable bonds is 4. The van der Waals surface area contributed by atoms with Crippen molar-refractivity contribution in [2.75, 3.05) is 0 Å². The summed E-state index contributed by atoms with van der Waals surface area (Å²) in [6, 6.07) is 7.05. The van der Waals surface area contributed by atoms with Gasteiger partial charge in [0.2, 0.25) is 0 Å². The van der Waals surface area contributed by atoms with Crippen LogP contribution >= 0.6 is 0 Å². The molecular formula is C14H18N2O2S. The second-order valence-electron chi connectivity index (χ2n) is 5.09. The van der Waals surface area contributed by atoms with Crippen molar-refractivity contribution in [1.82, 2.24) is 8.96 Å². The summed E-state index contributed by atoms with van der Waals surface area (Å²) >= 11 is 0. The highest BCUT2D eigenvalue weighted by Crippen LogP contribution is 2.16. The van der Waals surface area contributed by atoms with E-state index in [2.05, 4.69) is 18.8 Å². The third-order valence-corrected chi connectivity index (χ3v) is 4.45. The van der Waals surface area contributed by atoms with Gasteiger partial charge < -0.3 is 0 Å². The van der Waals surface area contributed by atoms with E-state index in [1.165, 1.54) is 12.5 Å². The summed E-state index contributed by atoms with van der Waals surface area (Å²) in [5.41, 5.74) is 1.83. The Morgan fingerprint density at radius 2 is 1.84 bits per heavy atom. The van der Waals surface area contributed by atoms with Crippen LogP contribution in [0.3, 0.4) is 0 Å². The Kier molecular flexibility index (Phi) is 3.75. The fourth-order valence-corrected chi connectivity index (χ4v) is 3.11. The largest absolute Gasteiger partial charge is 0.268 e. The first-order chi connectivity index (χ1) is 8.89. The van der Waals surface area contributed by atoms with Gasteiger partial charge in [0.05, 0.1) is 10.6 Å². The van der Waals surface area contributed by atoms with Crippen LogP contribution in [0.2, 0.25) is 0 Å². The predicted molar refractivity (Wildman–Crippen MR) is 74.5 cm³/mol. The summed E-state index contributed by atoms with van der Waals surface area (Å²) < 4.78 is 25.8. The molecule has 2 rings (SSSR count). The fourth-order valence-electron chi connectivity index (χ4n) is 1.92. The molecule has 0 spiro atoms. The highest BCUT2D eigenvalue weighted by molar-refractivity contribution is 7.90. The van der Waals surface area contributed by atoms with Gasteiger partial charge in [0.15, 0.2) is 0 Å². The van der Waals surface area contributed by atoms with E-state index in [1.807, 2.05) is 12.1 Å². The second-order valence-corrected chi connectivity index (χ2v) is 6.94. The molecule has 0 unspecified atom stereocenters. The monoisotopic (exact) mass is 278 g/mol. The number of hydrogen-bond donors (Lipinski definition) is 0. The molecule has 0 atom stereocenters. The molecule has 5 heteroatoms. The molecule has 1 heterocycles. The van der Waals surface area contributed by atoms with Crippen LogP contribution in [0.1, 0.15) is 25.1 Å². The minimum absolute atomic E-state index is 0.289. The molecule has 102 valence electrons. The van der Waals surface area contributed by atoms with Gasteiger partial charge in [-0.3, -0.25) is 0 Å². The molecule has 0 aliphatic rings. The summed E-state index contributed by atoms with van der Waals surface area (Å²) in [6.07, 6.45) is 3.79. The lowest BCUT2D eigenvalue weighted by Gasteiger charge is -2.07. The Labute approximate surface area is 114 Å². The number of benzene rings is 1. The predicted octanol–water partition coefficient (Wildman–Crippen LogP) is 2.63. The smallest absolute Gasteiger partial charge is 0.241 e. The number of nitrogens with zero attached hydrogens (tertiary/aromatic N) is 2. The first-order valence-electron chi connectivity index (χ1n) is 6.24. The first kappa shape index (κ1) is 13.8. The van der Waals surface area contributed by atoms with Gasteiger partial charge in [-0.25, -0.2) is 17.4 Å². The van der Waals surface area contributed by atoms with E-state index in [1.54, 1.807) is 19.1 Å². The lowest BCUT2D eigenvalue weighted by molar-refractivity contribution is 0.587. The second kappa shape index (κ2) is 5.17. The van der Waals surface area contributed by atoms with E-state index >= 15 is 0 Å². The van der Waals surface area contributed by atoms with Gasteiger partial charge in [-0.1, -0.05) is 26.0 Å². The molecular weight excluding hydrogens is 260 g/mol.